The lowest BCUT2D eigenvalue weighted by molar-refractivity contribution is -0.239. The van der Waals surface area contributed by atoms with Crippen molar-refractivity contribution in [2.24, 2.45) is 17.3 Å². The van der Waals surface area contributed by atoms with E-state index in [1.54, 1.807) is 0 Å². The van der Waals surface area contributed by atoms with E-state index >= 15 is 0 Å². The van der Waals surface area contributed by atoms with Gasteiger partial charge in [-0.1, -0.05) is 35.9 Å². The summed E-state index contributed by atoms with van der Waals surface area (Å²) in [6.07, 6.45) is 7.01. The summed E-state index contributed by atoms with van der Waals surface area (Å²) in [5, 5.41) is 0.745. The van der Waals surface area contributed by atoms with Crippen LogP contribution >= 0.6 is 11.6 Å². The molecule has 4 rings (SSSR count). The SMILES string of the molecule is Clc1ccc(C2OCC3(CO2)C[C@H]2C=C[C@H]3C2)cc1. The van der Waals surface area contributed by atoms with Gasteiger partial charge >= 0.3 is 0 Å². The molecule has 1 saturated carbocycles. The van der Waals surface area contributed by atoms with Gasteiger partial charge in [0.2, 0.25) is 0 Å². The molecule has 0 aromatic heterocycles. The topological polar surface area (TPSA) is 18.5 Å². The lowest BCUT2D eigenvalue weighted by Crippen LogP contribution is -2.41. The Morgan fingerprint density at radius 1 is 1.05 bits per heavy atom. The summed E-state index contributed by atoms with van der Waals surface area (Å²) in [6.45, 7) is 1.62. The molecule has 2 fully saturated rings. The summed E-state index contributed by atoms with van der Waals surface area (Å²) in [6, 6.07) is 7.72. The second kappa shape index (κ2) is 4.34. The Balaban J connectivity index is 1.48. The number of hydrogen-bond donors (Lipinski definition) is 0. The molecule has 3 heteroatoms. The second-order valence-corrected chi connectivity index (χ2v) is 6.50. The van der Waals surface area contributed by atoms with Crippen LogP contribution in [-0.4, -0.2) is 13.2 Å². The van der Waals surface area contributed by atoms with Gasteiger partial charge in [0, 0.05) is 16.0 Å². The van der Waals surface area contributed by atoms with Gasteiger partial charge in [0.05, 0.1) is 13.2 Å². The minimum absolute atomic E-state index is 0.231. The van der Waals surface area contributed by atoms with Crippen molar-refractivity contribution in [2.75, 3.05) is 13.2 Å². The zero-order chi connectivity index (χ0) is 12.9. The van der Waals surface area contributed by atoms with Crippen LogP contribution in [0.1, 0.15) is 24.7 Å². The maximum absolute atomic E-state index is 6.00. The Bertz CT molecular complexity index is 500. The van der Waals surface area contributed by atoms with E-state index in [1.807, 2.05) is 24.3 Å². The summed E-state index contributed by atoms with van der Waals surface area (Å²) in [7, 11) is 0. The molecule has 1 heterocycles. The van der Waals surface area contributed by atoms with Crippen LogP contribution in [0.3, 0.4) is 0 Å². The van der Waals surface area contributed by atoms with Crippen molar-refractivity contribution in [3.63, 3.8) is 0 Å². The molecule has 1 aromatic carbocycles. The van der Waals surface area contributed by atoms with Crippen molar-refractivity contribution < 1.29 is 9.47 Å². The van der Waals surface area contributed by atoms with Crippen molar-refractivity contribution in [3.05, 3.63) is 47.0 Å². The molecule has 100 valence electrons. The second-order valence-electron chi connectivity index (χ2n) is 6.06. The molecule has 1 saturated heterocycles. The van der Waals surface area contributed by atoms with Gasteiger partial charge in [-0.3, -0.25) is 0 Å². The van der Waals surface area contributed by atoms with Gasteiger partial charge in [-0.05, 0) is 36.8 Å². The number of halogens is 1. The van der Waals surface area contributed by atoms with Crippen molar-refractivity contribution in [1.82, 2.24) is 0 Å². The average molecular weight is 277 g/mol. The molecule has 0 N–H and O–H groups in total. The molecule has 0 unspecified atom stereocenters. The van der Waals surface area contributed by atoms with Crippen LogP contribution in [0.4, 0.5) is 0 Å². The fourth-order valence-corrected chi connectivity index (χ4v) is 3.90. The Hall–Kier alpha value is -0.830. The minimum Gasteiger partial charge on any atom is -0.348 e. The number of ether oxygens (including phenoxy) is 2. The van der Waals surface area contributed by atoms with Gasteiger partial charge < -0.3 is 9.47 Å². The van der Waals surface area contributed by atoms with Crippen LogP contribution in [0.25, 0.3) is 0 Å². The number of hydrogen-bond acceptors (Lipinski definition) is 2. The Morgan fingerprint density at radius 2 is 1.79 bits per heavy atom. The average Bonchev–Trinajstić information content (AvgIpc) is 3.02. The van der Waals surface area contributed by atoms with Crippen LogP contribution in [0.2, 0.25) is 5.02 Å². The van der Waals surface area contributed by atoms with E-state index in [9.17, 15) is 0 Å². The van der Waals surface area contributed by atoms with Crippen LogP contribution in [0.15, 0.2) is 36.4 Å². The van der Waals surface area contributed by atoms with Crippen LogP contribution in [0.5, 0.6) is 0 Å². The normalized spacial score (nSPS) is 40.2. The summed E-state index contributed by atoms with van der Waals surface area (Å²) >= 11 is 5.90. The highest BCUT2D eigenvalue weighted by Crippen LogP contribution is 2.54. The predicted octanol–water partition coefficient (Wildman–Crippen LogP) is 3.97. The lowest BCUT2D eigenvalue weighted by Gasteiger charge is -2.41. The first kappa shape index (κ1) is 12.0. The largest absolute Gasteiger partial charge is 0.348 e. The Morgan fingerprint density at radius 3 is 2.37 bits per heavy atom. The third-order valence-corrected chi connectivity index (χ3v) is 5.07. The number of rotatable bonds is 1. The molecule has 0 amide bonds. The maximum Gasteiger partial charge on any atom is 0.183 e. The van der Waals surface area contributed by atoms with Gasteiger partial charge in [0.15, 0.2) is 6.29 Å². The van der Waals surface area contributed by atoms with Gasteiger partial charge in [-0.15, -0.1) is 0 Å². The first-order valence-corrected chi connectivity index (χ1v) is 7.30. The molecule has 1 aromatic rings. The molecule has 1 aliphatic heterocycles. The number of fused-ring (bicyclic) bond motifs is 3. The smallest absolute Gasteiger partial charge is 0.183 e. The zero-order valence-electron chi connectivity index (χ0n) is 10.7. The van der Waals surface area contributed by atoms with Gasteiger partial charge in [0.1, 0.15) is 0 Å². The van der Waals surface area contributed by atoms with E-state index in [4.69, 9.17) is 21.1 Å². The summed E-state index contributed by atoms with van der Waals surface area (Å²) < 4.78 is 12.0. The van der Waals surface area contributed by atoms with Crippen molar-refractivity contribution in [1.29, 1.82) is 0 Å². The highest BCUT2D eigenvalue weighted by molar-refractivity contribution is 6.30. The third-order valence-electron chi connectivity index (χ3n) is 4.81. The number of benzene rings is 1. The molecule has 3 aliphatic rings. The first-order chi connectivity index (χ1) is 9.25. The van der Waals surface area contributed by atoms with Crippen LogP contribution in [0, 0.1) is 17.3 Å². The molecular formula is C16H17ClO2. The Kier molecular flexibility index (Phi) is 2.73. The standard InChI is InChI=1S/C16H17ClO2/c17-14-5-2-12(3-6-14)15-18-9-16(10-19-15)8-11-1-4-13(16)7-11/h1-6,11,13,15H,7-10H2/t11-,13-,15?,16?/m0/s1. The highest BCUT2D eigenvalue weighted by atomic mass is 35.5. The molecule has 0 radical (unpaired) electrons. The minimum atomic E-state index is -0.231. The fourth-order valence-electron chi connectivity index (χ4n) is 3.77. The molecular weight excluding hydrogens is 260 g/mol. The number of allylic oxidation sites excluding steroid dienone is 2. The van der Waals surface area contributed by atoms with Gasteiger partial charge in [-0.25, -0.2) is 0 Å². The quantitative estimate of drug-likeness (QED) is 0.723. The summed E-state index contributed by atoms with van der Waals surface area (Å²) in [5.41, 5.74) is 1.29. The van der Waals surface area contributed by atoms with Gasteiger partial charge in [-0.2, -0.15) is 0 Å². The van der Waals surface area contributed by atoms with Crippen LogP contribution < -0.4 is 0 Å². The van der Waals surface area contributed by atoms with Gasteiger partial charge in [0.25, 0.3) is 0 Å². The predicted molar refractivity (Wildman–Crippen MR) is 73.9 cm³/mol. The van der Waals surface area contributed by atoms with E-state index in [-0.39, 0.29) is 11.7 Å². The van der Waals surface area contributed by atoms with Crippen LogP contribution in [-0.2, 0) is 9.47 Å². The van der Waals surface area contributed by atoms with E-state index in [0.29, 0.717) is 5.92 Å². The van der Waals surface area contributed by atoms with E-state index in [0.717, 1.165) is 29.7 Å². The van der Waals surface area contributed by atoms with E-state index in [2.05, 4.69) is 12.2 Å². The molecule has 2 atom stereocenters. The van der Waals surface area contributed by atoms with E-state index in [1.165, 1.54) is 12.8 Å². The molecule has 1 spiro atoms. The van der Waals surface area contributed by atoms with E-state index < -0.39 is 0 Å². The monoisotopic (exact) mass is 276 g/mol. The lowest BCUT2D eigenvalue weighted by atomic mass is 9.76. The molecule has 2 bridgehead atoms. The summed E-state index contributed by atoms with van der Waals surface area (Å²) in [5.74, 6) is 1.41. The Labute approximate surface area is 118 Å². The molecule has 19 heavy (non-hydrogen) atoms. The zero-order valence-corrected chi connectivity index (χ0v) is 11.5. The molecule has 2 aliphatic carbocycles. The fraction of sp³-hybridized carbons (Fsp3) is 0.500. The van der Waals surface area contributed by atoms with Crippen molar-refractivity contribution in [3.8, 4) is 0 Å². The first-order valence-electron chi connectivity index (χ1n) is 6.92. The molecule has 2 nitrogen and oxygen atoms in total. The maximum atomic E-state index is 6.00. The summed E-state index contributed by atoms with van der Waals surface area (Å²) in [4.78, 5) is 0. The van der Waals surface area contributed by atoms with Crippen molar-refractivity contribution in [2.45, 2.75) is 19.1 Å². The highest BCUT2D eigenvalue weighted by Gasteiger charge is 2.51. The van der Waals surface area contributed by atoms with Crippen molar-refractivity contribution >= 4 is 11.6 Å². The third kappa shape index (κ3) is 1.94.